The number of carboxylic acid groups (broad SMARTS) is 2. The lowest BCUT2D eigenvalue weighted by Crippen LogP contribution is -2.18. The Kier molecular flexibility index (Phi) is 6.95. The number of hydrogen-bond acceptors (Lipinski definition) is 4. The van der Waals surface area contributed by atoms with Gasteiger partial charge in [0.15, 0.2) is 0 Å². The second-order valence-electron chi connectivity index (χ2n) is 3.63. The number of aliphatic carboxylic acids is 2. The third kappa shape index (κ3) is 6.37. The second-order valence-corrected chi connectivity index (χ2v) is 3.63. The molecule has 0 spiro atoms. The fraction of sp³-hybridized carbons (Fsp3) is 0.333. The van der Waals surface area contributed by atoms with Crippen molar-refractivity contribution in [2.45, 2.75) is 19.3 Å². The summed E-state index contributed by atoms with van der Waals surface area (Å²) in [7, 11) is 0. The van der Waals surface area contributed by atoms with Gasteiger partial charge in [0.2, 0.25) is 0 Å². The molecule has 6 nitrogen and oxygen atoms in total. The fourth-order valence-electron chi connectivity index (χ4n) is 1.30. The molecule has 0 saturated carbocycles. The molecule has 18 heavy (non-hydrogen) atoms. The number of carbonyl (C=O) groups excluding carboxylic acids is 2. The Morgan fingerprint density at radius 2 is 1.50 bits per heavy atom. The highest BCUT2D eigenvalue weighted by atomic mass is 16.4. The number of aldehydes is 2. The average Bonchev–Trinajstić information content (AvgIpc) is 2.32. The van der Waals surface area contributed by atoms with Crippen molar-refractivity contribution in [2.75, 3.05) is 0 Å². The minimum atomic E-state index is -1.31. The van der Waals surface area contributed by atoms with E-state index in [2.05, 4.69) is 0 Å². The Balaban J connectivity index is 5.04. The molecule has 6 heteroatoms. The van der Waals surface area contributed by atoms with Crippen LogP contribution in [0.1, 0.15) is 19.3 Å². The maximum Gasteiger partial charge on any atom is 0.328 e. The third-order valence-electron chi connectivity index (χ3n) is 2.22. The maximum atomic E-state index is 11.1. The monoisotopic (exact) mass is 254 g/mol. The number of carboxylic acids is 2. The van der Waals surface area contributed by atoms with Crippen LogP contribution in [0.25, 0.3) is 0 Å². The SMILES string of the molecule is O=CCCCC(C=O)(C=CC(=O)O)C=CC(=O)O. The number of hydrogen-bond donors (Lipinski definition) is 2. The van der Waals surface area contributed by atoms with Crippen LogP contribution in [0.15, 0.2) is 24.3 Å². The molecule has 0 rings (SSSR count). The molecule has 0 bridgehead atoms. The van der Waals surface area contributed by atoms with Gasteiger partial charge in [-0.15, -0.1) is 0 Å². The zero-order valence-corrected chi connectivity index (χ0v) is 9.61. The molecule has 0 saturated heterocycles. The number of unbranched alkanes of at least 4 members (excludes halogenated alkanes) is 1. The molecule has 0 amide bonds. The van der Waals surface area contributed by atoms with Crippen LogP contribution in [0.4, 0.5) is 0 Å². The molecule has 0 fully saturated rings. The van der Waals surface area contributed by atoms with E-state index in [0.29, 0.717) is 19.0 Å². The Labute approximate surface area is 104 Å². The summed E-state index contributed by atoms with van der Waals surface area (Å²) < 4.78 is 0. The van der Waals surface area contributed by atoms with Gasteiger partial charge in [0, 0.05) is 18.6 Å². The van der Waals surface area contributed by atoms with E-state index < -0.39 is 17.4 Å². The Morgan fingerprint density at radius 1 is 1.00 bits per heavy atom. The van der Waals surface area contributed by atoms with E-state index in [4.69, 9.17) is 10.2 Å². The van der Waals surface area contributed by atoms with Crippen LogP contribution < -0.4 is 0 Å². The van der Waals surface area contributed by atoms with Gasteiger partial charge in [-0.1, -0.05) is 12.2 Å². The first-order valence-electron chi connectivity index (χ1n) is 5.20. The van der Waals surface area contributed by atoms with Gasteiger partial charge < -0.3 is 19.8 Å². The summed E-state index contributed by atoms with van der Waals surface area (Å²) in [5.74, 6) is -2.47. The summed E-state index contributed by atoms with van der Waals surface area (Å²) in [6.07, 6.45) is 5.69. The molecule has 0 aromatic rings. The van der Waals surface area contributed by atoms with Crippen LogP contribution in [-0.2, 0) is 19.2 Å². The van der Waals surface area contributed by atoms with Crippen molar-refractivity contribution in [3.8, 4) is 0 Å². The first kappa shape index (κ1) is 15.8. The van der Waals surface area contributed by atoms with E-state index in [-0.39, 0.29) is 12.8 Å². The molecule has 0 aliphatic heterocycles. The van der Waals surface area contributed by atoms with Gasteiger partial charge in [0.05, 0.1) is 5.41 Å². The van der Waals surface area contributed by atoms with E-state index in [1.807, 2.05) is 0 Å². The van der Waals surface area contributed by atoms with E-state index >= 15 is 0 Å². The third-order valence-corrected chi connectivity index (χ3v) is 2.22. The van der Waals surface area contributed by atoms with E-state index in [1.165, 1.54) is 0 Å². The highest BCUT2D eigenvalue weighted by molar-refractivity contribution is 5.83. The average molecular weight is 254 g/mol. The molecule has 0 aromatic heterocycles. The summed E-state index contributed by atoms with van der Waals surface area (Å²) >= 11 is 0. The summed E-state index contributed by atoms with van der Waals surface area (Å²) in [5, 5.41) is 17.0. The van der Waals surface area contributed by atoms with Crippen LogP contribution >= 0.6 is 0 Å². The molecule has 2 N–H and O–H groups in total. The first-order valence-corrected chi connectivity index (χ1v) is 5.20. The number of allylic oxidation sites excluding steroid dienone is 2. The molecule has 0 heterocycles. The lowest BCUT2D eigenvalue weighted by molar-refractivity contribution is -0.132. The highest BCUT2D eigenvalue weighted by Gasteiger charge is 2.23. The van der Waals surface area contributed by atoms with Crippen molar-refractivity contribution in [2.24, 2.45) is 5.41 Å². The molecule has 0 radical (unpaired) electrons. The fourth-order valence-corrected chi connectivity index (χ4v) is 1.30. The van der Waals surface area contributed by atoms with E-state index in [1.54, 1.807) is 0 Å². The van der Waals surface area contributed by atoms with Gasteiger partial charge in [-0.2, -0.15) is 0 Å². The standard InChI is InChI=1S/C12H14O6/c13-8-2-1-5-12(9-14,6-3-10(15)16)7-4-11(17)18/h3-4,6-9H,1-2,5H2,(H,15,16)(H,17,18). The molecular weight excluding hydrogens is 240 g/mol. The molecule has 0 unspecified atom stereocenters. The number of carbonyl (C=O) groups is 4. The number of rotatable bonds is 9. The zero-order chi connectivity index (χ0) is 14.0. The second kappa shape index (κ2) is 7.94. The van der Waals surface area contributed by atoms with Gasteiger partial charge >= 0.3 is 11.9 Å². The van der Waals surface area contributed by atoms with Gasteiger partial charge in [-0.25, -0.2) is 9.59 Å². The zero-order valence-electron chi connectivity index (χ0n) is 9.61. The summed E-state index contributed by atoms with van der Waals surface area (Å²) in [4.78, 5) is 42.1. The van der Waals surface area contributed by atoms with Crippen molar-refractivity contribution in [1.29, 1.82) is 0 Å². The quantitative estimate of drug-likeness (QED) is 0.358. The van der Waals surface area contributed by atoms with Gasteiger partial charge in [-0.05, 0) is 12.8 Å². The Morgan fingerprint density at radius 3 is 1.83 bits per heavy atom. The summed E-state index contributed by atoms with van der Waals surface area (Å²) in [6, 6.07) is 0. The van der Waals surface area contributed by atoms with E-state index in [0.717, 1.165) is 24.3 Å². The smallest absolute Gasteiger partial charge is 0.328 e. The lowest BCUT2D eigenvalue weighted by atomic mass is 9.83. The topological polar surface area (TPSA) is 109 Å². The first-order chi connectivity index (χ1) is 8.45. The largest absolute Gasteiger partial charge is 0.478 e. The molecular formula is C12H14O6. The molecule has 0 aliphatic rings. The van der Waals surface area contributed by atoms with Crippen molar-refractivity contribution in [1.82, 2.24) is 0 Å². The summed E-state index contributed by atoms with van der Waals surface area (Å²) in [6.45, 7) is 0. The van der Waals surface area contributed by atoms with Crippen LogP contribution in [0.3, 0.4) is 0 Å². The molecule has 0 aromatic carbocycles. The Hall–Kier alpha value is -2.24. The van der Waals surface area contributed by atoms with Crippen LogP contribution in [0.2, 0.25) is 0 Å². The normalized spacial score (nSPS) is 14.4. The van der Waals surface area contributed by atoms with Crippen LogP contribution in [0.5, 0.6) is 0 Å². The predicted octanol–water partition coefficient (Wildman–Crippen LogP) is 0.823. The minimum absolute atomic E-state index is 0.169. The predicted molar refractivity (Wildman–Crippen MR) is 62.0 cm³/mol. The van der Waals surface area contributed by atoms with Crippen molar-refractivity contribution < 1.29 is 29.4 Å². The Bertz CT molecular complexity index is 356. The maximum absolute atomic E-state index is 11.1. The van der Waals surface area contributed by atoms with Gasteiger partial charge in [0.25, 0.3) is 0 Å². The highest BCUT2D eigenvalue weighted by Crippen LogP contribution is 2.26. The van der Waals surface area contributed by atoms with Crippen LogP contribution in [0, 0.1) is 5.41 Å². The van der Waals surface area contributed by atoms with E-state index in [9.17, 15) is 19.2 Å². The van der Waals surface area contributed by atoms with Crippen molar-refractivity contribution in [3.63, 3.8) is 0 Å². The molecule has 0 aliphatic carbocycles. The van der Waals surface area contributed by atoms with Crippen molar-refractivity contribution in [3.05, 3.63) is 24.3 Å². The van der Waals surface area contributed by atoms with Crippen molar-refractivity contribution >= 4 is 24.5 Å². The minimum Gasteiger partial charge on any atom is -0.478 e. The summed E-state index contributed by atoms with van der Waals surface area (Å²) in [5.41, 5.74) is -1.31. The lowest BCUT2D eigenvalue weighted by Gasteiger charge is -2.19. The van der Waals surface area contributed by atoms with Crippen LogP contribution in [-0.4, -0.2) is 34.7 Å². The molecule has 98 valence electrons. The molecule has 0 atom stereocenters. The van der Waals surface area contributed by atoms with Gasteiger partial charge in [-0.3, -0.25) is 0 Å². The van der Waals surface area contributed by atoms with Gasteiger partial charge in [0.1, 0.15) is 12.6 Å².